The Bertz CT molecular complexity index is 601. The van der Waals surface area contributed by atoms with Gasteiger partial charge in [0.25, 0.3) is 5.91 Å². The van der Waals surface area contributed by atoms with Crippen LogP contribution in [0.2, 0.25) is 0 Å². The zero-order valence-electron chi connectivity index (χ0n) is 11.8. The van der Waals surface area contributed by atoms with Gasteiger partial charge in [0.15, 0.2) is 0 Å². The molecule has 0 aliphatic rings. The molecule has 0 aliphatic carbocycles. The first kappa shape index (κ1) is 14.0. The van der Waals surface area contributed by atoms with E-state index < -0.39 is 0 Å². The van der Waals surface area contributed by atoms with Gasteiger partial charge in [0.05, 0.1) is 0 Å². The van der Waals surface area contributed by atoms with E-state index in [1.165, 1.54) is 5.56 Å². The lowest BCUT2D eigenvalue weighted by Crippen LogP contribution is -2.19. The molecule has 102 valence electrons. The van der Waals surface area contributed by atoms with Crippen LogP contribution in [0, 0.1) is 6.92 Å². The van der Waals surface area contributed by atoms with Crippen LogP contribution in [0.4, 0.5) is 0 Å². The Kier molecular flexibility index (Phi) is 4.66. The minimum atomic E-state index is -0.183. The topological polar surface area (TPSA) is 41.5 Å². The molecule has 2 aromatic rings. The molecular weight excluding hydrogens is 248 g/mol. The van der Waals surface area contributed by atoms with Gasteiger partial charge in [-0.1, -0.05) is 48.0 Å². The van der Waals surface area contributed by atoms with E-state index >= 15 is 0 Å². The van der Waals surface area contributed by atoms with Crippen LogP contribution in [0.5, 0.6) is 0 Å². The number of amides is 1. The molecule has 3 nitrogen and oxygen atoms in total. The van der Waals surface area contributed by atoms with Crippen molar-refractivity contribution in [3.8, 4) is 0 Å². The first-order valence-electron chi connectivity index (χ1n) is 6.59. The number of hydrogen-bond donors (Lipinski definition) is 1. The maximum atomic E-state index is 11.9. The molecule has 20 heavy (non-hydrogen) atoms. The van der Waals surface area contributed by atoms with Gasteiger partial charge >= 0.3 is 0 Å². The fourth-order valence-corrected chi connectivity index (χ4v) is 1.85. The van der Waals surface area contributed by atoms with Crippen molar-refractivity contribution in [1.82, 2.24) is 5.43 Å². The number of nitrogens with zero attached hydrogens (tertiary/aromatic N) is 1. The maximum absolute atomic E-state index is 11.9. The molecule has 0 atom stereocenters. The van der Waals surface area contributed by atoms with Crippen LogP contribution >= 0.6 is 0 Å². The van der Waals surface area contributed by atoms with Gasteiger partial charge in [0.2, 0.25) is 0 Å². The van der Waals surface area contributed by atoms with Gasteiger partial charge in [-0.2, -0.15) is 5.10 Å². The van der Waals surface area contributed by atoms with Crippen molar-refractivity contribution in [2.45, 2.75) is 20.3 Å². The lowest BCUT2D eigenvalue weighted by molar-refractivity contribution is 0.0954. The largest absolute Gasteiger partial charge is 0.271 e. The minimum absolute atomic E-state index is 0.183. The third kappa shape index (κ3) is 4.05. The Morgan fingerprint density at radius 2 is 1.70 bits per heavy atom. The fraction of sp³-hybridized carbons (Fsp3) is 0.176. The molecule has 0 saturated carbocycles. The average molecular weight is 266 g/mol. The van der Waals surface area contributed by atoms with Crippen LogP contribution in [0.25, 0.3) is 0 Å². The number of nitrogens with one attached hydrogen (secondary N) is 1. The summed E-state index contributed by atoms with van der Waals surface area (Å²) in [5.41, 5.74) is 6.39. The van der Waals surface area contributed by atoms with Crippen molar-refractivity contribution in [1.29, 1.82) is 0 Å². The van der Waals surface area contributed by atoms with E-state index in [1.54, 1.807) is 12.1 Å². The number of hydrazone groups is 1. The molecule has 0 unspecified atom stereocenters. The quantitative estimate of drug-likeness (QED) is 0.669. The monoisotopic (exact) mass is 266 g/mol. The molecule has 1 N–H and O–H groups in total. The average Bonchev–Trinajstić information content (AvgIpc) is 2.46. The number of hydrogen-bond acceptors (Lipinski definition) is 2. The Morgan fingerprint density at radius 1 is 1.05 bits per heavy atom. The van der Waals surface area contributed by atoms with Gasteiger partial charge in [0.1, 0.15) is 0 Å². The highest BCUT2D eigenvalue weighted by molar-refractivity contribution is 5.95. The molecule has 0 aliphatic heterocycles. The van der Waals surface area contributed by atoms with Crippen LogP contribution in [-0.2, 0) is 6.42 Å². The molecule has 2 rings (SSSR count). The van der Waals surface area contributed by atoms with Crippen LogP contribution in [0.15, 0.2) is 59.7 Å². The maximum Gasteiger partial charge on any atom is 0.271 e. The lowest BCUT2D eigenvalue weighted by Gasteiger charge is -2.03. The standard InChI is InChI=1S/C17H18N2O/c1-13-8-10-16(11-9-13)17(20)19-18-14(2)12-15-6-4-3-5-7-15/h3-11H,12H2,1-2H3,(H,19,20). The van der Waals surface area contributed by atoms with Crippen molar-refractivity contribution < 1.29 is 4.79 Å². The summed E-state index contributed by atoms with van der Waals surface area (Å²) in [6.07, 6.45) is 0.731. The van der Waals surface area contributed by atoms with E-state index in [4.69, 9.17) is 0 Å². The number of carbonyl (C=O) groups excluding carboxylic acids is 1. The van der Waals surface area contributed by atoms with E-state index in [-0.39, 0.29) is 5.91 Å². The molecular formula is C17H18N2O. The Hall–Kier alpha value is -2.42. The summed E-state index contributed by atoms with van der Waals surface area (Å²) < 4.78 is 0. The first-order valence-corrected chi connectivity index (χ1v) is 6.59. The lowest BCUT2D eigenvalue weighted by atomic mass is 10.1. The van der Waals surface area contributed by atoms with E-state index in [9.17, 15) is 4.79 Å². The van der Waals surface area contributed by atoms with E-state index in [1.807, 2.05) is 56.3 Å². The zero-order chi connectivity index (χ0) is 14.4. The van der Waals surface area contributed by atoms with Crippen LogP contribution in [0.1, 0.15) is 28.4 Å². The number of carbonyl (C=O) groups is 1. The molecule has 0 heterocycles. The molecule has 0 aromatic heterocycles. The molecule has 0 fully saturated rings. The first-order chi connectivity index (χ1) is 9.65. The molecule has 3 heteroatoms. The summed E-state index contributed by atoms with van der Waals surface area (Å²) in [6, 6.07) is 17.5. The van der Waals surface area contributed by atoms with Crippen molar-refractivity contribution in [3.63, 3.8) is 0 Å². The highest BCUT2D eigenvalue weighted by Gasteiger charge is 2.03. The van der Waals surface area contributed by atoms with Crippen molar-refractivity contribution in [2.75, 3.05) is 0 Å². The summed E-state index contributed by atoms with van der Waals surface area (Å²) in [5, 5.41) is 4.14. The third-order valence-electron chi connectivity index (χ3n) is 2.96. The van der Waals surface area contributed by atoms with Crippen LogP contribution < -0.4 is 5.43 Å². The second kappa shape index (κ2) is 6.66. The van der Waals surface area contributed by atoms with Crippen LogP contribution in [0.3, 0.4) is 0 Å². The zero-order valence-corrected chi connectivity index (χ0v) is 11.8. The highest BCUT2D eigenvalue weighted by Crippen LogP contribution is 2.03. The molecule has 0 saturated heterocycles. The van der Waals surface area contributed by atoms with E-state index in [0.29, 0.717) is 5.56 Å². The second-order valence-electron chi connectivity index (χ2n) is 4.82. The number of aryl methyl sites for hydroxylation is 1. The van der Waals surface area contributed by atoms with Gasteiger partial charge in [-0.3, -0.25) is 4.79 Å². The summed E-state index contributed by atoms with van der Waals surface area (Å²) >= 11 is 0. The smallest absolute Gasteiger partial charge is 0.267 e. The van der Waals surface area contributed by atoms with Crippen LogP contribution in [-0.4, -0.2) is 11.6 Å². The summed E-state index contributed by atoms with van der Waals surface area (Å²) in [6.45, 7) is 3.90. The summed E-state index contributed by atoms with van der Waals surface area (Å²) in [5.74, 6) is -0.183. The van der Waals surface area contributed by atoms with Gasteiger partial charge in [-0.25, -0.2) is 5.43 Å². The predicted molar refractivity (Wildman–Crippen MR) is 81.9 cm³/mol. The fourth-order valence-electron chi connectivity index (χ4n) is 1.85. The molecule has 0 spiro atoms. The van der Waals surface area contributed by atoms with Crippen molar-refractivity contribution in [3.05, 3.63) is 71.3 Å². The summed E-state index contributed by atoms with van der Waals surface area (Å²) in [7, 11) is 0. The van der Waals surface area contributed by atoms with Crippen molar-refractivity contribution in [2.24, 2.45) is 5.10 Å². The Morgan fingerprint density at radius 3 is 2.35 bits per heavy atom. The van der Waals surface area contributed by atoms with Gasteiger partial charge in [-0.15, -0.1) is 0 Å². The van der Waals surface area contributed by atoms with Crippen molar-refractivity contribution >= 4 is 11.6 Å². The number of rotatable bonds is 4. The normalized spacial score (nSPS) is 11.2. The predicted octanol–water partition coefficient (Wildman–Crippen LogP) is 3.34. The summed E-state index contributed by atoms with van der Waals surface area (Å²) in [4.78, 5) is 11.9. The Balaban J connectivity index is 1.94. The van der Waals surface area contributed by atoms with Gasteiger partial charge < -0.3 is 0 Å². The minimum Gasteiger partial charge on any atom is -0.267 e. The SMILES string of the molecule is CC(Cc1ccccc1)=NNC(=O)c1ccc(C)cc1. The second-order valence-corrected chi connectivity index (χ2v) is 4.82. The highest BCUT2D eigenvalue weighted by atomic mass is 16.2. The van der Waals surface area contributed by atoms with E-state index in [2.05, 4.69) is 10.5 Å². The third-order valence-corrected chi connectivity index (χ3v) is 2.96. The van der Waals surface area contributed by atoms with E-state index in [0.717, 1.165) is 17.7 Å². The molecule has 0 radical (unpaired) electrons. The number of benzene rings is 2. The molecule has 1 amide bonds. The van der Waals surface area contributed by atoms with Gasteiger partial charge in [0, 0.05) is 17.7 Å². The Labute approximate surface area is 119 Å². The molecule has 0 bridgehead atoms. The van der Waals surface area contributed by atoms with Gasteiger partial charge in [-0.05, 0) is 31.5 Å². The molecule has 2 aromatic carbocycles.